The Kier molecular flexibility index (Phi) is 6.17. The van der Waals surface area contributed by atoms with Crippen molar-refractivity contribution < 1.29 is 4.79 Å². The molecule has 0 bridgehead atoms. The number of nitrogens with one attached hydrogen (secondary N) is 2. The molecule has 112 valence electrons. The van der Waals surface area contributed by atoms with E-state index in [2.05, 4.69) is 43.5 Å². The topological polar surface area (TPSA) is 44.4 Å². The fourth-order valence-corrected chi connectivity index (χ4v) is 2.21. The third kappa shape index (κ3) is 6.17. The highest BCUT2D eigenvalue weighted by Gasteiger charge is 2.21. The predicted octanol–water partition coefficient (Wildman–Crippen LogP) is 2.19. The van der Waals surface area contributed by atoms with E-state index in [1.54, 1.807) is 0 Å². The summed E-state index contributed by atoms with van der Waals surface area (Å²) in [5, 5.41) is 6.22. The molecule has 20 heavy (non-hydrogen) atoms. The van der Waals surface area contributed by atoms with Gasteiger partial charge >= 0.3 is 0 Å². The summed E-state index contributed by atoms with van der Waals surface area (Å²) in [5.74, 6) is -0.00291. The number of hydrogen-bond acceptors (Lipinski definition) is 3. The van der Waals surface area contributed by atoms with E-state index in [-0.39, 0.29) is 17.4 Å². The van der Waals surface area contributed by atoms with Gasteiger partial charge in [-0.05, 0) is 38.6 Å². The molecule has 0 saturated carbocycles. The van der Waals surface area contributed by atoms with Crippen molar-refractivity contribution in [2.75, 3.05) is 32.5 Å². The van der Waals surface area contributed by atoms with Crippen molar-refractivity contribution in [1.29, 1.82) is 0 Å². The van der Waals surface area contributed by atoms with E-state index in [4.69, 9.17) is 0 Å². The van der Waals surface area contributed by atoms with Gasteiger partial charge in [0.2, 0.25) is 5.91 Å². The van der Waals surface area contributed by atoms with Gasteiger partial charge in [0.25, 0.3) is 0 Å². The maximum absolute atomic E-state index is 12.1. The van der Waals surface area contributed by atoms with Crippen LogP contribution in [0, 0.1) is 5.41 Å². The largest absolute Gasteiger partial charge is 0.325 e. The third-order valence-corrected chi connectivity index (χ3v) is 3.07. The van der Waals surface area contributed by atoms with Crippen molar-refractivity contribution in [1.82, 2.24) is 10.2 Å². The highest BCUT2D eigenvalue weighted by molar-refractivity contribution is 5.94. The smallest absolute Gasteiger partial charge is 0.241 e. The second-order valence-corrected chi connectivity index (χ2v) is 6.36. The number of anilines is 1. The number of hydrogen-bond donors (Lipinski definition) is 2. The summed E-state index contributed by atoms with van der Waals surface area (Å²) in [7, 11) is 4.13. The Morgan fingerprint density at radius 2 is 1.85 bits per heavy atom. The SMILES string of the molecule is C[C@H](NCC(C)(C)CN(C)C)C(=O)Nc1ccccc1. The molecule has 0 radical (unpaired) electrons. The van der Waals surface area contributed by atoms with Gasteiger partial charge in [-0.3, -0.25) is 4.79 Å². The number of amides is 1. The maximum atomic E-state index is 12.1. The van der Waals surface area contributed by atoms with E-state index >= 15 is 0 Å². The minimum atomic E-state index is -0.211. The van der Waals surface area contributed by atoms with E-state index in [1.165, 1.54) is 0 Å². The van der Waals surface area contributed by atoms with Crippen LogP contribution in [0.4, 0.5) is 5.69 Å². The molecule has 0 fully saturated rings. The Hall–Kier alpha value is -1.39. The molecule has 1 aromatic rings. The van der Waals surface area contributed by atoms with Gasteiger partial charge in [-0.1, -0.05) is 32.0 Å². The number of nitrogens with zero attached hydrogens (tertiary/aromatic N) is 1. The molecule has 0 heterocycles. The van der Waals surface area contributed by atoms with Crippen molar-refractivity contribution in [2.24, 2.45) is 5.41 Å². The zero-order valence-electron chi connectivity index (χ0n) is 13.2. The monoisotopic (exact) mass is 277 g/mol. The van der Waals surface area contributed by atoms with Crippen LogP contribution in [0.25, 0.3) is 0 Å². The highest BCUT2D eigenvalue weighted by Crippen LogP contribution is 2.14. The van der Waals surface area contributed by atoms with Gasteiger partial charge in [0.05, 0.1) is 6.04 Å². The Bertz CT molecular complexity index is 415. The Morgan fingerprint density at radius 1 is 1.25 bits per heavy atom. The summed E-state index contributed by atoms with van der Waals surface area (Å²) in [5.41, 5.74) is 0.962. The number of para-hydroxylation sites is 1. The quantitative estimate of drug-likeness (QED) is 0.803. The van der Waals surface area contributed by atoms with E-state index in [1.807, 2.05) is 37.3 Å². The molecule has 0 aliphatic rings. The van der Waals surface area contributed by atoms with Crippen LogP contribution in [-0.2, 0) is 4.79 Å². The number of rotatable bonds is 7. The number of carbonyl (C=O) groups is 1. The van der Waals surface area contributed by atoms with Gasteiger partial charge in [0.15, 0.2) is 0 Å². The van der Waals surface area contributed by atoms with Gasteiger partial charge in [0, 0.05) is 18.8 Å². The molecule has 0 unspecified atom stereocenters. The normalized spacial score (nSPS) is 13.3. The van der Waals surface area contributed by atoms with E-state index < -0.39 is 0 Å². The van der Waals surface area contributed by atoms with Crippen LogP contribution in [0.15, 0.2) is 30.3 Å². The Morgan fingerprint density at radius 3 is 2.40 bits per heavy atom. The first-order chi connectivity index (χ1) is 9.30. The van der Waals surface area contributed by atoms with Crippen LogP contribution < -0.4 is 10.6 Å². The minimum Gasteiger partial charge on any atom is -0.325 e. The molecule has 1 atom stereocenters. The summed E-state index contributed by atoms with van der Waals surface area (Å²) in [4.78, 5) is 14.2. The van der Waals surface area contributed by atoms with Gasteiger partial charge in [-0.15, -0.1) is 0 Å². The third-order valence-electron chi connectivity index (χ3n) is 3.07. The molecule has 0 aliphatic carbocycles. The minimum absolute atomic E-state index is 0.00291. The zero-order valence-corrected chi connectivity index (χ0v) is 13.2. The lowest BCUT2D eigenvalue weighted by atomic mass is 9.92. The average molecular weight is 277 g/mol. The van der Waals surface area contributed by atoms with Crippen molar-refractivity contribution in [3.63, 3.8) is 0 Å². The van der Waals surface area contributed by atoms with Crippen LogP contribution >= 0.6 is 0 Å². The van der Waals surface area contributed by atoms with Crippen molar-refractivity contribution in [3.05, 3.63) is 30.3 Å². The van der Waals surface area contributed by atoms with E-state index in [9.17, 15) is 4.79 Å². The Labute approximate surface area is 122 Å². The lowest BCUT2D eigenvalue weighted by molar-refractivity contribution is -0.117. The first kappa shape index (κ1) is 16.7. The van der Waals surface area contributed by atoms with Crippen LogP contribution in [-0.4, -0.2) is 44.0 Å². The van der Waals surface area contributed by atoms with Crippen LogP contribution in [0.5, 0.6) is 0 Å². The van der Waals surface area contributed by atoms with Crippen LogP contribution in [0.2, 0.25) is 0 Å². The molecule has 1 aromatic carbocycles. The highest BCUT2D eigenvalue weighted by atomic mass is 16.2. The summed E-state index contributed by atoms with van der Waals surface area (Å²) >= 11 is 0. The molecule has 2 N–H and O–H groups in total. The fraction of sp³-hybridized carbons (Fsp3) is 0.562. The van der Waals surface area contributed by atoms with Crippen molar-refractivity contribution in [2.45, 2.75) is 26.8 Å². The first-order valence-corrected chi connectivity index (χ1v) is 7.04. The lowest BCUT2D eigenvalue weighted by Gasteiger charge is -2.29. The molecule has 0 aromatic heterocycles. The zero-order chi connectivity index (χ0) is 15.2. The van der Waals surface area contributed by atoms with Gasteiger partial charge < -0.3 is 15.5 Å². The maximum Gasteiger partial charge on any atom is 0.241 e. The number of carbonyl (C=O) groups excluding carboxylic acids is 1. The molecule has 1 rings (SSSR count). The van der Waals surface area contributed by atoms with Gasteiger partial charge in [0.1, 0.15) is 0 Å². The second kappa shape index (κ2) is 7.41. The fourth-order valence-electron chi connectivity index (χ4n) is 2.21. The summed E-state index contributed by atoms with van der Waals surface area (Å²) < 4.78 is 0. The average Bonchev–Trinajstić information content (AvgIpc) is 2.35. The molecule has 0 aliphatic heterocycles. The molecule has 1 amide bonds. The standard InChI is InChI=1S/C16H27N3O/c1-13(17-11-16(2,3)12-19(4)5)15(20)18-14-9-7-6-8-10-14/h6-10,13,17H,11-12H2,1-5H3,(H,18,20)/t13-/m0/s1. The van der Waals surface area contributed by atoms with E-state index in [0.717, 1.165) is 18.8 Å². The molecular formula is C16H27N3O. The van der Waals surface area contributed by atoms with Crippen LogP contribution in [0.3, 0.4) is 0 Å². The molecule has 4 heteroatoms. The van der Waals surface area contributed by atoms with Crippen molar-refractivity contribution >= 4 is 11.6 Å². The Balaban J connectivity index is 2.42. The predicted molar refractivity (Wildman–Crippen MR) is 84.9 cm³/mol. The summed E-state index contributed by atoms with van der Waals surface area (Å²) in [6.07, 6.45) is 0. The molecule has 0 spiro atoms. The van der Waals surface area contributed by atoms with Crippen molar-refractivity contribution in [3.8, 4) is 0 Å². The lowest BCUT2D eigenvalue weighted by Crippen LogP contribution is -2.45. The molecule has 0 saturated heterocycles. The summed E-state index contributed by atoms with van der Waals surface area (Å²) in [6.45, 7) is 8.06. The molecular weight excluding hydrogens is 250 g/mol. The second-order valence-electron chi connectivity index (χ2n) is 6.36. The van der Waals surface area contributed by atoms with Crippen LogP contribution in [0.1, 0.15) is 20.8 Å². The van der Waals surface area contributed by atoms with Gasteiger partial charge in [-0.25, -0.2) is 0 Å². The molecule has 4 nitrogen and oxygen atoms in total. The summed E-state index contributed by atoms with van der Waals surface area (Å²) in [6, 6.07) is 9.32. The van der Waals surface area contributed by atoms with E-state index in [0.29, 0.717) is 0 Å². The number of benzene rings is 1. The van der Waals surface area contributed by atoms with Gasteiger partial charge in [-0.2, -0.15) is 0 Å². The first-order valence-electron chi connectivity index (χ1n) is 7.04.